The summed E-state index contributed by atoms with van der Waals surface area (Å²) in [4.78, 5) is 0. The first-order valence-electron chi connectivity index (χ1n) is 8.59. The van der Waals surface area contributed by atoms with Gasteiger partial charge < -0.3 is 5.11 Å². The van der Waals surface area contributed by atoms with E-state index in [1.807, 2.05) is 30.3 Å². The number of rotatable bonds is 3. The van der Waals surface area contributed by atoms with Crippen LogP contribution in [0.1, 0.15) is 0 Å². The van der Waals surface area contributed by atoms with Crippen molar-refractivity contribution in [3.63, 3.8) is 0 Å². The first-order valence-corrected chi connectivity index (χ1v) is 10.1. The molecule has 1 nitrogen and oxygen atoms in total. The summed E-state index contributed by atoms with van der Waals surface area (Å²) in [6.07, 6.45) is -10.8. The standard InChI is InChI=1S/C16H11F6OP.C6H5.Ni/c17-15(18,19)13(23)14(16(20,21)22)24(11-7-3-1-4-8-11)12-9-5-2-6-10-12;1-2-4-6-5-3-1;/h1-10,23H;1-5H;/q;-1;/p+1/b14-13-;;. The van der Waals surface area contributed by atoms with Gasteiger partial charge in [-0.15, -0.1) is 0 Å². The van der Waals surface area contributed by atoms with Gasteiger partial charge in [-0.1, -0.05) is 36.4 Å². The molecule has 3 aromatic rings. The Morgan fingerprint density at radius 2 is 1.03 bits per heavy atom. The van der Waals surface area contributed by atoms with Crippen molar-refractivity contribution in [1.82, 2.24) is 0 Å². The summed E-state index contributed by atoms with van der Waals surface area (Å²) in [5.74, 6) is -2.59. The molecule has 0 bridgehead atoms. The predicted octanol–water partition coefficient (Wildman–Crippen LogP) is 6.23. The van der Waals surface area contributed by atoms with E-state index in [2.05, 4.69) is 6.07 Å². The third kappa shape index (κ3) is 8.04. The van der Waals surface area contributed by atoms with Crippen LogP contribution in [0.4, 0.5) is 26.3 Å². The molecule has 0 saturated heterocycles. The Morgan fingerprint density at radius 3 is 1.29 bits per heavy atom. The van der Waals surface area contributed by atoms with Crippen molar-refractivity contribution in [3.8, 4) is 0 Å². The van der Waals surface area contributed by atoms with E-state index < -0.39 is 31.3 Å². The van der Waals surface area contributed by atoms with E-state index in [4.69, 9.17) is 0 Å². The second-order valence-corrected chi connectivity index (χ2v) is 8.31. The summed E-state index contributed by atoms with van der Waals surface area (Å²) in [7, 11) is -3.09. The average molecular weight is 501 g/mol. The molecule has 0 unspecified atom stereocenters. The summed E-state index contributed by atoms with van der Waals surface area (Å²) in [6, 6.07) is 26.7. The van der Waals surface area contributed by atoms with Crippen LogP contribution in [-0.2, 0) is 16.5 Å². The number of allylic oxidation sites excluding steroid dienone is 2. The second kappa shape index (κ2) is 11.9. The number of aliphatic hydroxyl groups is 1. The maximum Gasteiger partial charge on any atom is 0.453 e. The zero-order valence-electron chi connectivity index (χ0n) is 15.7. The summed E-state index contributed by atoms with van der Waals surface area (Å²) in [6.45, 7) is 0. The van der Waals surface area contributed by atoms with Gasteiger partial charge in [0.1, 0.15) is 18.5 Å². The Balaban J connectivity index is 0.000000591. The monoisotopic (exact) mass is 500 g/mol. The van der Waals surface area contributed by atoms with Gasteiger partial charge in [-0.3, -0.25) is 0 Å². The zero-order chi connectivity index (χ0) is 22.2. The minimum Gasteiger partial charge on any atom is -0.501 e. The fraction of sp³-hybridized carbons (Fsp3) is 0.0909. The van der Waals surface area contributed by atoms with Gasteiger partial charge >= 0.3 is 12.4 Å². The number of halogens is 6. The smallest absolute Gasteiger partial charge is 0.453 e. The molecule has 0 fully saturated rings. The third-order valence-electron chi connectivity index (χ3n) is 3.77. The van der Waals surface area contributed by atoms with Crippen molar-refractivity contribution in [3.05, 3.63) is 108 Å². The van der Waals surface area contributed by atoms with Crippen LogP contribution >= 0.6 is 7.92 Å². The normalized spacial score (nSPS) is 12.2. The van der Waals surface area contributed by atoms with E-state index in [0.717, 1.165) is 0 Å². The quantitative estimate of drug-likeness (QED) is 0.149. The molecular formula is C22H17F6NiOP. The van der Waals surface area contributed by atoms with Crippen LogP contribution in [0.15, 0.2) is 102 Å². The van der Waals surface area contributed by atoms with Crippen LogP contribution in [0.5, 0.6) is 0 Å². The molecule has 0 amide bonds. The van der Waals surface area contributed by atoms with Gasteiger partial charge in [0.15, 0.2) is 0 Å². The van der Waals surface area contributed by atoms with E-state index in [1.54, 1.807) is 12.1 Å². The molecule has 0 aromatic heterocycles. The van der Waals surface area contributed by atoms with Gasteiger partial charge in [0.05, 0.1) is 0 Å². The first kappa shape index (κ1) is 26.7. The van der Waals surface area contributed by atoms with Crippen molar-refractivity contribution < 1.29 is 47.9 Å². The van der Waals surface area contributed by atoms with Crippen LogP contribution < -0.4 is 10.6 Å². The molecule has 0 aliphatic heterocycles. The summed E-state index contributed by atoms with van der Waals surface area (Å²) in [5.41, 5.74) is 0. The summed E-state index contributed by atoms with van der Waals surface area (Å²) in [5, 5.41) is 7.59. The fourth-order valence-electron chi connectivity index (χ4n) is 2.54. The largest absolute Gasteiger partial charge is 0.501 e. The number of hydrogen-bond acceptors (Lipinski definition) is 1. The molecule has 3 rings (SSSR count). The molecule has 0 heterocycles. The molecule has 0 spiro atoms. The molecule has 9 heteroatoms. The van der Waals surface area contributed by atoms with E-state index in [1.165, 1.54) is 48.5 Å². The number of benzene rings is 3. The van der Waals surface area contributed by atoms with Crippen LogP contribution in [0.25, 0.3) is 0 Å². The van der Waals surface area contributed by atoms with Crippen molar-refractivity contribution in [1.29, 1.82) is 0 Å². The Labute approximate surface area is 187 Å². The average Bonchev–Trinajstić information content (AvgIpc) is 2.73. The molecule has 1 N–H and O–H groups in total. The van der Waals surface area contributed by atoms with Gasteiger partial charge in [0.2, 0.25) is 11.1 Å². The minimum absolute atomic E-state index is 0. The van der Waals surface area contributed by atoms with Crippen molar-refractivity contribution in [2.75, 3.05) is 0 Å². The van der Waals surface area contributed by atoms with E-state index >= 15 is 0 Å². The van der Waals surface area contributed by atoms with E-state index in [9.17, 15) is 31.4 Å². The van der Waals surface area contributed by atoms with Gasteiger partial charge in [-0.2, -0.15) is 62.7 Å². The maximum absolute atomic E-state index is 13.4. The van der Waals surface area contributed by atoms with Crippen LogP contribution in [-0.4, -0.2) is 17.5 Å². The molecule has 0 aliphatic rings. The summed E-state index contributed by atoms with van der Waals surface area (Å²) >= 11 is 0. The zero-order valence-corrected chi connectivity index (χ0v) is 17.7. The van der Waals surface area contributed by atoms with E-state index in [-0.39, 0.29) is 27.1 Å². The van der Waals surface area contributed by atoms with Crippen molar-refractivity contribution in [2.24, 2.45) is 0 Å². The topological polar surface area (TPSA) is 20.2 Å². The SMILES string of the molecule is O/C(=C(\[PH+](c1ccccc1)c1ccccc1)C(F)(F)F)C(F)(F)F.[Ni].[c-]1ccccc1. The number of alkyl halides is 6. The molecular weight excluding hydrogens is 484 g/mol. The molecule has 31 heavy (non-hydrogen) atoms. The molecule has 0 aliphatic carbocycles. The van der Waals surface area contributed by atoms with Crippen LogP contribution in [0.2, 0.25) is 0 Å². The minimum atomic E-state index is -5.48. The maximum atomic E-state index is 13.4. The molecule has 0 saturated carbocycles. The fourth-order valence-corrected chi connectivity index (χ4v) is 5.17. The third-order valence-corrected chi connectivity index (χ3v) is 6.61. The molecule has 0 radical (unpaired) electrons. The van der Waals surface area contributed by atoms with Gasteiger partial charge in [0, 0.05) is 16.5 Å². The molecule has 3 aromatic carbocycles. The second-order valence-electron chi connectivity index (χ2n) is 5.90. The molecule has 168 valence electrons. The van der Waals surface area contributed by atoms with Crippen LogP contribution in [0, 0.1) is 6.07 Å². The van der Waals surface area contributed by atoms with Gasteiger partial charge in [-0.25, -0.2) is 0 Å². The van der Waals surface area contributed by atoms with E-state index in [0.29, 0.717) is 0 Å². The Bertz CT molecular complexity index is 863. The summed E-state index contributed by atoms with van der Waals surface area (Å²) < 4.78 is 78.8. The van der Waals surface area contributed by atoms with Crippen molar-refractivity contribution in [2.45, 2.75) is 12.4 Å². The first-order chi connectivity index (χ1) is 14.1. The number of aliphatic hydroxyl groups excluding tert-OH is 1. The predicted molar refractivity (Wildman–Crippen MR) is 108 cm³/mol. The van der Waals surface area contributed by atoms with Crippen molar-refractivity contribution >= 4 is 18.5 Å². The van der Waals surface area contributed by atoms with Gasteiger partial charge in [0.25, 0.3) is 0 Å². The molecule has 0 atom stereocenters. The number of hydrogen-bond donors (Lipinski definition) is 1. The van der Waals surface area contributed by atoms with Gasteiger partial charge in [-0.05, 0) is 24.3 Å². The Kier molecular flexibility index (Phi) is 10.3. The Morgan fingerprint density at radius 1 is 0.645 bits per heavy atom. The van der Waals surface area contributed by atoms with Crippen LogP contribution in [0.3, 0.4) is 0 Å². The Hall–Kier alpha value is -2.30.